The SMILES string of the molecule is CCc1cccc(CNC[C@H](O)[C@H](Cc2cc(F)cc(F)c2)NC(=O)c2ccc(O)c(C(=O)N3CCOCC3)c2)c1. The predicted molar refractivity (Wildman–Crippen MR) is 150 cm³/mol. The number of phenolic OH excluding ortho intramolecular Hbond substituents is 1. The molecule has 0 aliphatic carbocycles. The third kappa shape index (κ3) is 8.32. The second-order valence-corrected chi connectivity index (χ2v) is 10.1. The number of carbonyl (C=O) groups is 2. The van der Waals surface area contributed by atoms with Crippen molar-refractivity contribution in [1.82, 2.24) is 15.5 Å². The lowest BCUT2D eigenvalue weighted by Crippen LogP contribution is -2.48. The Hall–Kier alpha value is -3.86. The first-order chi connectivity index (χ1) is 19.7. The van der Waals surface area contributed by atoms with E-state index in [0.717, 1.165) is 30.2 Å². The Labute approximate surface area is 237 Å². The van der Waals surface area contributed by atoms with Gasteiger partial charge in [0.1, 0.15) is 17.4 Å². The molecular weight excluding hydrogens is 532 g/mol. The van der Waals surface area contributed by atoms with Crippen LogP contribution in [0, 0.1) is 11.6 Å². The first kappa shape index (κ1) is 30.1. The minimum absolute atomic E-state index is 0.0279. The van der Waals surface area contributed by atoms with Crippen LogP contribution in [0.2, 0.25) is 0 Å². The molecule has 3 aromatic carbocycles. The van der Waals surface area contributed by atoms with Gasteiger partial charge in [0.2, 0.25) is 0 Å². The summed E-state index contributed by atoms with van der Waals surface area (Å²) in [5.41, 5.74) is 2.54. The first-order valence-corrected chi connectivity index (χ1v) is 13.7. The third-order valence-electron chi connectivity index (χ3n) is 7.03. The normalized spacial score (nSPS) is 14.9. The molecule has 2 atom stereocenters. The van der Waals surface area contributed by atoms with Crippen molar-refractivity contribution in [1.29, 1.82) is 0 Å². The van der Waals surface area contributed by atoms with Crippen LogP contribution in [0.25, 0.3) is 0 Å². The number of amides is 2. The van der Waals surface area contributed by atoms with E-state index in [1.54, 1.807) is 0 Å². The lowest BCUT2D eigenvalue weighted by atomic mass is 9.99. The van der Waals surface area contributed by atoms with Crippen LogP contribution in [-0.2, 0) is 24.1 Å². The fourth-order valence-electron chi connectivity index (χ4n) is 4.77. The van der Waals surface area contributed by atoms with Crippen molar-refractivity contribution >= 4 is 11.8 Å². The largest absolute Gasteiger partial charge is 0.507 e. The number of aliphatic hydroxyl groups excluding tert-OH is 1. The lowest BCUT2D eigenvalue weighted by Gasteiger charge is -2.27. The van der Waals surface area contributed by atoms with Crippen LogP contribution in [0.3, 0.4) is 0 Å². The maximum Gasteiger partial charge on any atom is 0.257 e. The minimum Gasteiger partial charge on any atom is -0.507 e. The highest BCUT2D eigenvalue weighted by atomic mass is 19.1. The summed E-state index contributed by atoms with van der Waals surface area (Å²) in [6.45, 7) is 4.12. The van der Waals surface area contributed by atoms with Crippen LogP contribution in [0.1, 0.15) is 44.3 Å². The van der Waals surface area contributed by atoms with Crippen LogP contribution in [0.5, 0.6) is 5.75 Å². The van der Waals surface area contributed by atoms with E-state index in [0.29, 0.717) is 32.8 Å². The molecule has 10 heteroatoms. The zero-order chi connectivity index (χ0) is 29.4. The smallest absolute Gasteiger partial charge is 0.257 e. The third-order valence-corrected chi connectivity index (χ3v) is 7.03. The molecule has 0 radical (unpaired) electrons. The Kier molecular flexibility index (Phi) is 10.4. The highest BCUT2D eigenvalue weighted by molar-refractivity contribution is 6.01. The number of phenols is 1. The molecule has 0 spiro atoms. The van der Waals surface area contributed by atoms with E-state index in [9.17, 15) is 28.6 Å². The molecule has 0 unspecified atom stereocenters. The standard InChI is InChI=1S/C31H35F2N3O5/c1-2-20-4-3-5-21(12-20)18-34-19-29(38)27(15-22-13-24(32)17-25(33)14-22)35-30(39)23-6-7-28(37)26(16-23)31(40)36-8-10-41-11-9-36/h3-7,12-14,16-17,27,29,34,37-38H,2,8-11,15,18-19H2,1H3,(H,35,39)/t27-,29-/m0/s1. The monoisotopic (exact) mass is 567 g/mol. The molecule has 2 amide bonds. The van der Waals surface area contributed by atoms with E-state index in [2.05, 4.69) is 23.6 Å². The van der Waals surface area contributed by atoms with Crippen LogP contribution < -0.4 is 10.6 Å². The molecule has 41 heavy (non-hydrogen) atoms. The van der Waals surface area contributed by atoms with Gasteiger partial charge in [0, 0.05) is 37.8 Å². The van der Waals surface area contributed by atoms with Gasteiger partial charge in [0.25, 0.3) is 11.8 Å². The van der Waals surface area contributed by atoms with E-state index >= 15 is 0 Å². The number of hydrogen-bond donors (Lipinski definition) is 4. The molecule has 1 aliphatic rings. The van der Waals surface area contributed by atoms with E-state index in [-0.39, 0.29) is 35.4 Å². The van der Waals surface area contributed by atoms with Gasteiger partial charge >= 0.3 is 0 Å². The Morgan fingerprint density at radius 2 is 1.68 bits per heavy atom. The van der Waals surface area contributed by atoms with Gasteiger partial charge in [-0.3, -0.25) is 9.59 Å². The van der Waals surface area contributed by atoms with Crippen LogP contribution in [-0.4, -0.2) is 71.9 Å². The molecule has 1 saturated heterocycles. The van der Waals surface area contributed by atoms with Gasteiger partial charge in [-0.05, 0) is 59.9 Å². The highest BCUT2D eigenvalue weighted by Gasteiger charge is 2.26. The average Bonchev–Trinajstić information content (AvgIpc) is 2.96. The zero-order valence-electron chi connectivity index (χ0n) is 22.9. The molecule has 3 aromatic rings. The topological polar surface area (TPSA) is 111 Å². The summed E-state index contributed by atoms with van der Waals surface area (Å²) >= 11 is 0. The van der Waals surface area contributed by atoms with Gasteiger partial charge in [0.15, 0.2) is 0 Å². The number of aromatic hydroxyl groups is 1. The van der Waals surface area contributed by atoms with E-state index in [1.165, 1.54) is 28.7 Å². The van der Waals surface area contributed by atoms with Crippen molar-refractivity contribution in [2.75, 3.05) is 32.8 Å². The Balaban J connectivity index is 1.49. The van der Waals surface area contributed by atoms with Gasteiger partial charge < -0.3 is 30.5 Å². The van der Waals surface area contributed by atoms with Gasteiger partial charge in [-0.15, -0.1) is 0 Å². The number of hydrogen-bond acceptors (Lipinski definition) is 6. The molecule has 8 nitrogen and oxygen atoms in total. The number of aliphatic hydroxyl groups is 1. The molecular formula is C31H35F2N3O5. The molecule has 0 aromatic heterocycles. The van der Waals surface area contributed by atoms with Crippen LogP contribution in [0.15, 0.2) is 60.7 Å². The van der Waals surface area contributed by atoms with E-state index in [1.807, 2.05) is 18.2 Å². The highest BCUT2D eigenvalue weighted by Crippen LogP contribution is 2.22. The van der Waals surface area contributed by atoms with Crippen molar-refractivity contribution in [3.8, 4) is 5.75 Å². The number of rotatable bonds is 11. The van der Waals surface area contributed by atoms with Crippen molar-refractivity contribution < 1.29 is 33.3 Å². The Bertz CT molecular complexity index is 1340. The number of nitrogens with zero attached hydrogens (tertiary/aromatic N) is 1. The Morgan fingerprint density at radius 3 is 2.39 bits per heavy atom. The maximum atomic E-state index is 13.9. The lowest BCUT2D eigenvalue weighted by molar-refractivity contribution is 0.0301. The molecule has 1 aliphatic heterocycles. The second-order valence-electron chi connectivity index (χ2n) is 10.1. The molecule has 4 N–H and O–H groups in total. The fraction of sp³-hybridized carbons (Fsp3) is 0.355. The molecule has 4 rings (SSSR count). The summed E-state index contributed by atoms with van der Waals surface area (Å²) in [6, 6.07) is 14.1. The van der Waals surface area contributed by atoms with Crippen molar-refractivity contribution in [2.45, 2.75) is 38.5 Å². The van der Waals surface area contributed by atoms with Crippen LogP contribution >= 0.6 is 0 Å². The van der Waals surface area contributed by atoms with Crippen LogP contribution in [0.4, 0.5) is 8.78 Å². The van der Waals surface area contributed by atoms with Crippen molar-refractivity contribution in [3.05, 3.63) is 100 Å². The molecule has 0 saturated carbocycles. The summed E-state index contributed by atoms with van der Waals surface area (Å²) in [5.74, 6) is -2.83. The van der Waals surface area contributed by atoms with Crippen molar-refractivity contribution in [3.63, 3.8) is 0 Å². The number of ether oxygens (including phenoxy) is 1. The first-order valence-electron chi connectivity index (χ1n) is 13.7. The molecule has 1 heterocycles. The predicted octanol–water partition coefficient (Wildman–Crippen LogP) is 3.20. The summed E-state index contributed by atoms with van der Waals surface area (Å²) in [7, 11) is 0. The van der Waals surface area contributed by atoms with Gasteiger partial charge in [-0.25, -0.2) is 8.78 Å². The molecule has 0 bridgehead atoms. The minimum atomic E-state index is -1.12. The number of halogens is 2. The van der Waals surface area contributed by atoms with E-state index in [4.69, 9.17) is 4.74 Å². The Morgan fingerprint density at radius 1 is 0.976 bits per heavy atom. The zero-order valence-corrected chi connectivity index (χ0v) is 22.9. The fourth-order valence-corrected chi connectivity index (χ4v) is 4.77. The summed E-state index contributed by atoms with van der Waals surface area (Å²) < 4.78 is 33.1. The number of aryl methyl sites for hydroxylation is 1. The van der Waals surface area contributed by atoms with Crippen molar-refractivity contribution in [2.24, 2.45) is 0 Å². The quantitative estimate of drug-likeness (QED) is 0.283. The summed E-state index contributed by atoms with van der Waals surface area (Å²) in [4.78, 5) is 27.8. The van der Waals surface area contributed by atoms with Gasteiger partial charge in [-0.1, -0.05) is 31.2 Å². The van der Waals surface area contributed by atoms with Gasteiger partial charge in [0.05, 0.1) is 30.9 Å². The number of morpholine rings is 1. The molecule has 1 fully saturated rings. The summed E-state index contributed by atoms with van der Waals surface area (Å²) in [5, 5.41) is 27.3. The maximum absolute atomic E-state index is 13.9. The second kappa shape index (κ2) is 14.2. The number of benzene rings is 3. The molecule has 218 valence electrons. The van der Waals surface area contributed by atoms with Gasteiger partial charge in [-0.2, -0.15) is 0 Å². The number of nitrogens with one attached hydrogen (secondary N) is 2. The average molecular weight is 568 g/mol. The number of carbonyl (C=O) groups excluding carboxylic acids is 2. The summed E-state index contributed by atoms with van der Waals surface area (Å²) in [6.07, 6.45) is -0.274. The van der Waals surface area contributed by atoms with E-state index < -0.39 is 35.6 Å².